The van der Waals surface area contributed by atoms with E-state index in [1.807, 2.05) is 24.3 Å². The predicted molar refractivity (Wildman–Crippen MR) is 81.4 cm³/mol. The first kappa shape index (κ1) is 14.7. The maximum absolute atomic E-state index is 11.3. The molecule has 2 aromatic carbocycles. The summed E-state index contributed by atoms with van der Waals surface area (Å²) < 4.78 is 0.947. The SMILES string of the molecule is CC(=O)c1ccc(Sc2ccc(Br)cc2)c([N+](=O)[O-])c1. The molecule has 0 amide bonds. The van der Waals surface area contributed by atoms with E-state index >= 15 is 0 Å². The number of ketones is 1. The first-order valence-corrected chi connectivity index (χ1v) is 7.31. The molecule has 0 fully saturated rings. The van der Waals surface area contributed by atoms with Crippen molar-refractivity contribution in [3.05, 3.63) is 62.6 Å². The van der Waals surface area contributed by atoms with Gasteiger partial charge < -0.3 is 0 Å². The lowest BCUT2D eigenvalue weighted by molar-refractivity contribution is -0.387. The molecule has 102 valence electrons. The number of carbonyl (C=O) groups excluding carboxylic acids is 1. The molecule has 0 aromatic heterocycles. The molecule has 0 aliphatic heterocycles. The highest BCUT2D eigenvalue weighted by Crippen LogP contribution is 2.35. The lowest BCUT2D eigenvalue weighted by atomic mass is 10.1. The summed E-state index contributed by atoms with van der Waals surface area (Å²) in [6.07, 6.45) is 0. The standard InChI is InChI=1S/C14H10BrNO3S/c1-9(17)10-2-7-14(13(8-10)16(18)19)20-12-5-3-11(15)4-6-12/h2-8H,1H3. The summed E-state index contributed by atoms with van der Waals surface area (Å²) in [6.45, 7) is 1.39. The van der Waals surface area contributed by atoms with Crippen molar-refractivity contribution in [3.63, 3.8) is 0 Å². The fourth-order valence-corrected chi connectivity index (χ4v) is 2.76. The molecule has 2 rings (SSSR count). The normalized spacial score (nSPS) is 10.3. The van der Waals surface area contributed by atoms with E-state index in [4.69, 9.17) is 0 Å². The van der Waals surface area contributed by atoms with Crippen molar-refractivity contribution < 1.29 is 9.72 Å². The third kappa shape index (κ3) is 3.46. The number of rotatable bonds is 4. The molecule has 0 saturated carbocycles. The van der Waals surface area contributed by atoms with Crippen LogP contribution in [0.3, 0.4) is 0 Å². The third-order valence-corrected chi connectivity index (χ3v) is 4.21. The van der Waals surface area contributed by atoms with Crippen LogP contribution in [-0.2, 0) is 0 Å². The van der Waals surface area contributed by atoms with Gasteiger partial charge in [0.15, 0.2) is 5.78 Å². The molecular weight excluding hydrogens is 342 g/mol. The zero-order valence-electron chi connectivity index (χ0n) is 10.5. The van der Waals surface area contributed by atoms with Gasteiger partial charge in [0.05, 0.1) is 9.82 Å². The van der Waals surface area contributed by atoms with Crippen LogP contribution in [0.15, 0.2) is 56.7 Å². The van der Waals surface area contributed by atoms with Crippen LogP contribution in [-0.4, -0.2) is 10.7 Å². The molecule has 0 aliphatic rings. The van der Waals surface area contributed by atoms with Crippen molar-refractivity contribution in [3.8, 4) is 0 Å². The minimum atomic E-state index is -0.465. The van der Waals surface area contributed by atoms with Gasteiger partial charge in [-0.3, -0.25) is 14.9 Å². The van der Waals surface area contributed by atoms with Crippen LogP contribution in [0.2, 0.25) is 0 Å². The minimum absolute atomic E-state index is 0.0504. The van der Waals surface area contributed by atoms with Crippen molar-refractivity contribution in [1.29, 1.82) is 0 Å². The maximum atomic E-state index is 11.3. The van der Waals surface area contributed by atoms with Gasteiger partial charge in [0, 0.05) is 21.0 Å². The summed E-state index contributed by atoms with van der Waals surface area (Å²) in [7, 11) is 0. The van der Waals surface area contributed by atoms with Crippen LogP contribution in [0.5, 0.6) is 0 Å². The highest BCUT2D eigenvalue weighted by molar-refractivity contribution is 9.10. The Bertz CT molecular complexity index is 671. The average Bonchev–Trinajstić information content (AvgIpc) is 2.41. The number of nitrogens with zero attached hydrogens (tertiary/aromatic N) is 1. The minimum Gasteiger partial charge on any atom is -0.295 e. The highest BCUT2D eigenvalue weighted by Gasteiger charge is 2.17. The molecule has 0 N–H and O–H groups in total. The second-order valence-electron chi connectivity index (χ2n) is 4.05. The highest BCUT2D eigenvalue weighted by atomic mass is 79.9. The van der Waals surface area contributed by atoms with Crippen molar-refractivity contribution in [2.75, 3.05) is 0 Å². The number of hydrogen-bond donors (Lipinski definition) is 0. The average molecular weight is 352 g/mol. The molecule has 0 spiro atoms. The third-order valence-electron chi connectivity index (χ3n) is 2.60. The van der Waals surface area contributed by atoms with E-state index in [0.29, 0.717) is 10.5 Å². The largest absolute Gasteiger partial charge is 0.295 e. The first-order chi connectivity index (χ1) is 9.47. The Hall–Kier alpha value is -1.66. The second-order valence-corrected chi connectivity index (χ2v) is 6.08. The van der Waals surface area contributed by atoms with E-state index in [-0.39, 0.29) is 11.5 Å². The van der Waals surface area contributed by atoms with Gasteiger partial charge in [0.25, 0.3) is 5.69 Å². The van der Waals surface area contributed by atoms with Crippen molar-refractivity contribution in [2.45, 2.75) is 16.7 Å². The quantitative estimate of drug-likeness (QED) is 0.454. The fourth-order valence-electron chi connectivity index (χ4n) is 1.59. The van der Waals surface area contributed by atoms with Gasteiger partial charge in [-0.05, 0) is 43.3 Å². The molecule has 0 atom stereocenters. The van der Waals surface area contributed by atoms with Gasteiger partial charge in [-0.15, -0.1) is 0 Å². The molecule has 0 heterocycles. The van der Waals surface area contributed by atoms with Gasteiger partial charge in [-0.2, -0.15) is 0 Å². The molecule has 2 aromatic rings. The van der Waals surface area contributed by atoms with Gasteiger partial charge in [0.1, 0.15) is 0 Å². The van der Waals surface area contributed by atoms with Crippen molar-refractivity contribution in [2.24, 2.45) is 0 Å². The summed E-state index contributed by atoms with van der Waals surface area (Å²) in [5, 5.41) is 11.1. The Balaban J connectivity index is 2.38. The molecule has 20 heavy (non-hydrogen) atoms. The molecular formula is C14H10BrNO3S. The van der Waals surface area contributed by atoms with Gasteiger partial charge >= 0.3 is 0 Å². The number of carbonyl (C=O) groups is 1. The topological polar surface area (TPSA) is 60.2 Å². The lowest BCUT2D eigenvalue weighted by Gasteiger charge is -2.04. The zero-order valence-corrected chi connectivity index (χ0v) is 12.9. The number of nitro benzene ring substituents is 1. The van der Waals surface area contributed by atoms with Crippen LogP contribution in [0, 0.1) is 10.1 Å². The van der Waals surface area contributed by atoms with Gasteiger partial charge in [-0.1, -0.05) is 27.7 Å². The monoisotopic (exact) mass is 351 g/mol. The zero-order chi connectivity index (χ0) is 14.7. The van der Waals surface area contributed by atoms with Crippen LogP contribution in [0.4, 0.5) is 5.69 Å². The Labute approximate surface area is 128 Å². The summed E-state index contributed by atoms with van der Waals surface area (Å²) in [5.41, 5.74) is 0.294. The molecule has 0 bridgehead atoms. The number of nitro groups is 1. The van der Waals surface area contributed by atoms with Crippen LogP contribution < -0.4 is 0 Å². The summed E-state index contributed by atoms with van der Waals surface area (Å²) in [6, 6.07) is 12.0. The Morgan fingerprint density at radius 1 is 1.20 bits per heavy atom. The molecule has 0 aliphatic carbocycles. The lowest BCUT2D eigenvalue weighted by Crippen LogP contribution is -1.96. The predicted octanol–water partition coefficient (Wildman–Crippen LogP) is 4.71. The van der Waals surface area contributed by atoms with Crippen LogP contribution in [0.1, 0.15) is 17.3 Å². The number of hydrogen-bond acceptors (Lipinski definition) is 4. The maximum Gasteiger partial charge on any atom is 0.283 e. The summed E-state index contributed by atoms with van der Waals surface area (Å²) in [5.74, 6) is -0.187. The molecule has 6 heteroatoms. The molecule has 0 unspecified atom stereocenters. The second kappa shape index (κ2) is 6.19. The van der Waals surface area contributed by atoms with E-state index in [2.05, 4.69) is 15.9 Å². The molecule has 0 saturated heterocycles. The smallest absolute Gasteiger partial charge is 0.283 e. The first-order valence-electron chi connectivity index (χ1n) is 5.70. The molecule has 4 nitrogen and oxygen atoms in total. The van der Waals surface area contributed by atoms with Crippen molar-refractivity contribution >= 4 is 39.2 Å². The van der Waals surface area contributed by atoms with Gasteiger partial charge in [0.2, 0.25) is 0 Å². The number of Topliss-reactive ketones (excluding diaryl/α,β-unsaturated/α-hetero) is 1. The van der Waals surface area contributed by atoms with E-state index in [1.54, 1.807) is 12.1 Å². The fraction of sp³-hybridized carbons (Fsp3) is 0.0714. The summed E-state index contributed by atoms with van der Waals surface area (Å²) >= 11 is 4.64. The molecule has 0 radical (unpaired) electrons. The van der Waals surface area contributed by atoms with E-state index < -0.39 is 4.92 Å². The van der Waals surface area contributed by atoms with E-state index in [9.17, 15) is 14.9 Å². The Morgan fingerprint density at radius 2 is 1.85 bits per heavy atom. The number of halogens is 1. The Kier molecular flexibility index (Phi) is 4.57. The van der Waals surface area contributed by atoms with Crippen molar-refractivity contribution in [1.82, 2.24) is 0 Å². The van der Waals surface area contributed by atoms with Crippen LogP contribution >= 0.6 is 27.7 Å². The van der Waals surface area contributed by atoms with Crippen LogP contribution in [0.25, 0.3) is 0 Å². The van der Waals surface area contributed by atoms with Gasteiger partial charge in [-0.25, -0.2) is 0 Å². The summed E-state index contributed by atoms with van der Waals surface area (Å²) in [4.78, 5) is 23.4. The Morgan fingerprint density at radius 3 is 2.40 bits per heavy atom. The van der Waals surface area contributed by atoms with E-state index in [1.165, 1.54) is 24.8 Å². The number of benzene rings is 2. The van der Waals surface area contributed by atoms with E-state index in [0.717, 1.165) is 9.37 Å².